The summed E-state index contributed by atoms with van der Waals surface area (Å²) in [5.74, 6) is 0.429. The molecule has 0 fully saturated rings. The molecule has 0 bridgehead atoms. The molecule has 1 aromatic heterocycles. The van der Waals surface area contributed by atoms with Crippen LogP contribution in [0.2, 0.25) is 0 Å². The van der Waals surface area contributed by atoms with Crippen molar-refractivity contribution in [2.45, 2.75) is 38.5 Å². The van der Waals surface area contributed by atoms with Crippen molar-refractivity contribution < 1.29 is 4.42 Å². The van der Waals surface area contributed by atoms with Gasteiger partial charge in [-0.15, -0.1) is 0 Å². The van der Waals surface area contributed by atoms with Crippen LogP contribution in [0, 0.1) is 12.1 Å². The SMILES string of the molecule is C[C@@H]1CC=Cc2c1c1ccc(N(c3ccc(-c4ccc5c(c4)C(C)(C)c4ccccc4-5)cc3)c3ccc(-c4cccc5c4oc4ccccc45)cc3)cc1c1c#cccc21. The van der Waals surface area contributed by atoms with Gasteiger partial charge in [-0.2, -0.15) is 0 Å². The molecule has 10 aromatic rings. The van der Waals surface area contributed by atoms with E-state index in [2.05, 4.69) is 196 Å². The van der Waals surface area contributed by atoms with Gasteiger partial charge in [-0.05, 0) is 134 Å². The Hall–Kier alpha value is -7.34. The van der Waals surface area contributed by atoms with Gasteiger partial charge in [0.2, 0.25) is 0 Å². The Bertz CT molecular complexity index is 3380. The Morgan fingerprint density at radius 1 is 0.567 bits per heavy atom. The van der Waals surface area contributed by atoms with Crippen LogP contribution < -0.4 is 4.90 Å². The molecule has 0 N–H and O–H groups in total. The Balaban J connectivity index is 0.994. The largest absolute Gasteiger partial charge is 0.455 e. The third-order valence-electron chi connectivity index (χ3n) is 13.4. The van der Waals surface area contributed by atoms with Gasteiger partial charge in [-0.1, -0.05) is 148 Å². The van der Waals surface area contributed by atoms with E-state index in [0.29, 0.717) is 5.92 Å². The van der Waals surface area contributed by atoms with E-state index in [1.807, 2.05) is 18.2 Å². The molecule has 0 saturated heterocycles. The molecule has 1 atom stereocenters. The lowest BCUT2D eigenvalue weighted by Gasteiger charge is -2.28. The second-order valence-electron chi connectivity index (χ2n) is 17.1. The average Bonchev–Trinajstić information content (AvgIpc) is 3.79. The second-order valence-corrected chi connectivity index (χ2v) is 17.1. The summed E-state index contributed by atoms with van der Waals surface area (Å²) < 4.78 is 6.46. The molecule has 9 aromatic carbocycles. The van der Waals surface area contributed by atoms with Crippen molar-refractivity contribution in [3.63, 3.8) is 0 Å². The molecule has 60 heavy (non-hydrogen) atoms. The van der Waals surface area contributed by atoms with E-state index in [9.17, 15) is 0 Å². The fraction of sp³-hybridized carbons (Fsp3) is 0.103. The molecule has 12 rings (SSSR count). The molecular weight excluding hydrogens is 727 g/mol. The fourth-order valence-corrected chi connectivity index (χ4v) is 10.3. The zero-order chi connectivity index (χ0) is 40.1. The van der Waals surface area contributed by atoms with Crippen molar-refractivity contribution in [1.82, 2.24) is 0 Å². The van der Waals surface area contributed by atoms with E-state index in [0.717, 1.165) is 61.9 Å². The highest BCUT2D eigenvalue weighted by molar-refractivity contribution is 6.14. The summed E-state index contributed by atoms with van der Waals surface area (Å²) in [6, 6.07) is 66.6. The number of nitrogens with zero attached hydrogens (tertiary/aromatic N) is 1. The van der Waals surface area contributed by atoms with Gasteiger partial charge >= 0.3 is 0 Å². The van der Waals surface area contributed by atoms with Crippen LogP contribution >= 0.6 is 0 Å². The first-order chi connectivity index (χ1) is 29.4. The molecule has 0 saturated carbocycles. The van der Waals surface area contributed by atoms with Crippen molar-refractivity contribution in [2.75, 3.05) is 4.90 Å². The van der Waals surface area contributed by atoms with Crippen LogP contribution in [0.3, 0.4) is 0 Å². The lowest BCUT2D eigenvalue weighted by Crippen LogP contribution is -2.14. The number of furan rings is 1. The van der Waals surface area contributed by atoms with Gasteiger partial charge in [0.15, 0.2) is 0 Å². The first kappa shape index (κ1) is 34.7. The molecule has 284 valence electrons. The minimum atomic E-state index is -0.0520. The van der Waals surface area contributed by atoms with Crippen LogP contribution in [0.1, 0.15) is 55.4 Å². The molecule has 2 nitrogen and oxygen atoms in total. The maximum absolute atomic E-state index is 6.46. The minimum Gasteiger partial charge on any atom is -0.455 e. The summed E-state index contributed by atoms with van der Waals surface area (Å²) >= 11 is 0. The van der Waals surface area contributed by atoms with Crippen LogP contribution in [0.15, 0.2) is 174 Å². The number of allylic oxidation sites excluding steroid dienone is 1. The third-order valence-corrected chi connectivity index (χ3v) is 13.4. The Labute approximate surface area is 350 Å². The molecule has 0 radical (unpaired) electrons. The van der Waals surface area contributed by atoms with Crippen LogP contribution in [0.5, 0.6) is 0 Å². The fourth-order valence-electron chi connectivity index (χ4n) is 10.3. The van der Waals surface area contributed by atoms with Gasteiger partial charge in [0, 0.05) is 49.6 Å². The van der Waals surface area contributed by atoms with E-state index in [1.165, 1.54) is 60.7 Å². The van der Waals surface area contributed by atoms with Gasteiger partial charge in [0.05, 0.1) is 0 Å². The van der Waals surface area contributed by atoms with E-state index >= 15 is 0 Å². The van der Waals surface area contributed by atoms with Gasteiger partial charge in [0.25, 0.3) is 0 Å². The van der Waals surface area contributed by atoms with E-state index in [1.54, 1.807) is 0 Å². The summed E-state index contributed by atoms with van der Waals surface area (Å²) in [7, 11) is 0. The molecular formula is C58H41NO. The standard InChI is InChI=1S/C58H41NO/c1-36-12-10-18-49-44-13-4-5-14-45(44)52-35-42(31-33-50(52)56(36)49)59(41-29-24-38(25-30-41)43-17-11-19-51-48-16-7-9-21-55(48)60-57(43)51)40-27-22-37(23-28-40)39-26-32-47-46-15-6-8-20-53(46)58(2,3)54(47)34-39/h4,6-11,13,15-36H,12H2,1-3H3/t36-/m1/s1. The summed E-state index contributed by atoms with van der Waals surface area (Å²) in [5, 5.41) is 7.11. The summed E-state index contributed by atoms with van der Waals surface area (Å²) in [6.45, 7) is 7.05. The van der Waals surface area contributed by atoms with Gasteiger partial charge < -0.3 is 9.32 Å². The number of rotatable bonds is 5. The number of para-hydroxylation sites is 2. The Morgan fingerprint density at radius 2 is 1.27 bits per heavy atom. The molecule has 0 aliphatic heterocycles. The number of benzene rings is 8. The van der Waals surface area contributed by atoms with E-state index < -0.39 is 0 Å². The summed E-state index contributed by atoms with van der Waals surface area (Å²) in [5.41, 5.74) is 17.9. The zero-order valence-corrected chi connectivity index (χ0v) is 33.9. The summed E-state index contributed by atoms with van der Waals surface area (Å²) in [6.07, 6.45) is 5.66. The topological polar surface area (TPSA) is 16.4 Å². The lowest BCUT2D eigenvalue weighted by atomic mass is 9.81. The summed E-state index contributed by atoms with van der Waals surface area (Å²) in [4.78, 5) is 2.39. The highest BCUT2D eigenvalue weighted by atomic mass is 16.3. The Kier molecular flexibility index (Phi) is 7.56. The lowest BCUT2D eigenvalue weighted by molar-refractivity contribution is 0.660. The predicted molar refractivity (Wildman–Crippen MR) is 252 cm³/mol. The normalized spacial score (nSPS) is 14.9. The number of fused-ring (bicyclic) bond motifs is 12. The first-order valence-electron chi connectivity index (χ1n) is 21.1. The van der Waals surface area contributed by atoms with Gasteiger partial charge in [-0.25, -0.2) is 0 Å². The highest BCUT2D eigenvalue weighted by Gasteiger charge is 2.35. The van der Waals surface area contributed by atoms with Crippen LogP contribution in [0.4, 0.5) is 17.1 Å². The zero-order valence-electron chi connectivity index (χ0n) is 33.9. The minimum absolute atomic E-state index is 0.0520. The smallest absolute Gasteiger partial charge is 0.143 e. The molecule has 0 unspecified atom stereocenters. The molecule has 1 heterocycles. The van der Waals surface area contributed by atoms with Crippen molar-refractivity contribution in [2.24, 2.45) is 0 Å². The maximum Gasteiger partial charge on any atom is 0.143 e. The maximum atomic E-state index is 6.46. The molecule has 2 heteroatoms. The number of anilines is 3. The van der Waals surface area contributed by atoms with Crippen molar-refractivity contribution in [1.29, 1.82) is 0 Å². The first-order valence-corrected chi connectivity index (χ1v) is 21.1. The monoisotopic (exact) mass is 767 g/mol. The molecule has 0 spiro atoms. The average molecular weight is 768 g/mol. The van der Waals surface area contributed by atoms with E-state index in [-0.39, 0.29) is 5.41 Å². The number of hydrogen-bond donors (Lipinski definition) is 0. The van der Waals surface area contributed by atoms with Crippen molar-refractivity contribution >= 4 is 66.6 Å². The van der Waals surface area contributed by atoms with Crippen molar-refractivity contribution in [3.8, 4) is 33.4 Å². The predicted octanol–water partition coefficient (Wildman–Crippen LogP) is 16.1. The quantitative estimate of drug-likeness (QED) is 0.173. The molecule has 2 aliphatic carbocycles. The Morgan fingerprint density at radius 3 is 2.12 bits per heavy atom. The highest BCUT2D eigenvalue weighted by Crippen LogP contribution is 2.50. The molecule has 0 amide bonds. The van der Waals surface area contributed by atoms with Gasteiger partial charge in [0.1, 0.15) is 11.2 Å². The van der Waals surface area contributed by atoms with Crippen LogP contribution in [-0.2, 0) is 5.41 Å². The van der Waals surface area contributed by atoms with Crippen LogP contribution in [-0.4, -0.2) is 0 Å². The second kappa shape index (κ2) is 13.1. The van der Waals surface area contributed by atoms with E-state index in [4.69, 9.17) is 4.42 Å². The number of hydrogen-bond acceptors (Lipinski definition) is 2. The molecule has 2 aliphatic rings. The third kappa shape index (κ3) is 5.16. The van der Waals surface area contributed by atoms with Crippen molar-refractivity contribution in [3.05, 3.63) is 204 Å². The van der Waals surface area contributed by atoms with Gasteiger partial charge in [-0.3, -0.25) is 0 Å². The van der Waals surface area contributed by atoms with Crippen LogP contribution in [0.25, 0.3) is 82.9 Å².